The third kappa shape index (κ3) is 7.72. The zero-order valence-corrected chi connectivity index (χ0v) is 21.7. The highest BCUT2D eigenvalue weighted by Crippen LogP contribution is 2.37. The van der Waals surface area contributed by atoms with Crippen molar-refractivity contribution in [3.8, 4) is 11.5 Å². The van der Waals surface area contributed by atoms with E-state index in [0.29, 0.717) is 53.0 Å². The number of phenolic OH excluding ortho intramolecular Hbond substituents is 1. The zero-order chi connectivity index (χ0) is 26.1. The Morgan fingerprint density at radius 2 is 1.80 bits per heavy atom. The fourth-order valence-corrected chi connectivity index (χ4v) is 5.07. The second kappa shape index (κ2) is 13.5. The normalized spacial score (nSPS) is 12.9. The van der Waals surface area contributed by atoms with E-state index in [-0.39, 0.29) is 24.6 Å². The highest BCUT2D eigenvalue weighted by molar-refractivity contribution is 7.99. The third-order valence-corrected chi connectivity index (χ3v) is 6.97. The molecular weight excluding hydrogens is 468 g/mol. The minimum absolute atomic E-state index is 0.00837. The lowest BCUT2D eigenvalue weighted by molar-refractivity contribution is -0.137. The number of phenols is 1. The van der Waals surface area contributed by atoms with Crippen LogP contribution in [0.3, 0.4) is 0 Å². The molecule has 0 heterocycles. The number of hydrogen-bond acceptors (Lipinski definition) is 7. The summed E-state index contributed by atoms with van der Waals surface area (Å²) in [6.07, 6.45) is 0.714. The largest absolute Gasteiger partial charge is 0.507 e. The number of carbonyl (C=O) groups excluding carboxylic acids is 1. The van der Waals surface area contributed by atoms with Crippen molar-refractivity contribution in [2.45, 2.75) is 76.9 Å². The van der Waals surface area contributed by atoms with Gasteiger partial charge in [0.05, 0.1) is 24.4 Å². The molecule has 0 fully saturated rings. The number of carboxylic acid groups (broad SMARTS) is 1. The van der Waals surface area contributed by atoms with Gasteiger partial charge in [0.15, 0.2) is 5.78 Å². The Morgan fingerprint density at radius 3 is 2.40 bits per heavy atom. The van der Waals surface area contributed by atoms with E-state index in [4.69, 9.17) is 9.84 Å². The number of aliphatic carboxylic acids is 1. The van der Waals surface area contributed by atoms with Crippen LogP contribution in [-0.4, -0.2) is 44.5 Å². The fourth-order valence-electron chi connectivity index (χ4n) is 3.97. The van der Waals surface area contributed by atoms with Crippen molar-refractivity contribution in [2.24, 2.45) is 0 Å². The van der Waals surface area contributed by atoms with Crippen LogP contribution in [0.2, 0.25) is 0 Å². The van der Waals surface area contributed by atoms with Crippen molar-refractivity contribution in [3.05, 3.63) is 52.1 Å². The summed E-state index contributed by atoms with van der Waals surface area (Å²) < 4.78 is 5.84. The highest BCUT2D eigenvalue weighted by Gasteiger charge is 2.20. The zero-order valence-electron chi connectivity index (χ0n) is 20.8. The average molecular weight is 505 g/mol. The monoisotopic (exact) mass is 504 g/mol. The predicted molar refractivity (Wildman–Crippen MR) is 137 cm³/mol. The number of ketones is 1. The van der Waals surface area contributed by atoms with Crippen LogP contribution in [0.15, 0.2) is 29.2 Å². The molecule has 0 saturated heterocycles. The van der Waals surface area contributed by atoms with Gasteiger partial charge in [0.1, 0.15) is 11.5 Å². The number of aromatic hydroxyl groups is 1. The lowest BCUT2D eigenvalue weighted by Gasteiger charge is -2.21. The number of thioether (sulfide) groups is 1. The number of Topliss-reactive ketones (excluding diaryl/α,β-unsaturated/α-hetero) is 1. The van der Waals surface area contributed by atoms with Gasteiger partial charge in [-0.2, -0.15) is 0 Å². The number of carboxylic acids is 1. The minimum atomic E-state index is -0.894. The van der Waals surface area contributed by atoms with E-state index in [0.717, 1.165) is 16.9 Å². The fraction of sp³-hybridized carbons (Fsp3) is 0.481. The van der Waals surface area contributed by atoms with E-state index in [2.05, 4.69) is 0 Å². The number of rotatable bonds is 14. The standard InChI is InChI=1S/C27H36O7S/c1-5-7-22-24(12-11-20(17(3)28)26(22)33)35-15-13-23(30)19-9-10-21(18(4)29)27(16(19)2)34-14-6-8-25(31)32/h9-12,18,23,29-30,33H,5-8,13-15H2,1-4H3,(H,31,32). The molecule has 2 unspecified atom stereocenters. The molecule has 0 saturated carbocycles. The Bertz CT molecular complexity index is 1030. The van der Waals surface area contributed by atoms with Crippen molar-refractivity contribution >= 4 is 23.5 Å². The first kappa shape index (κ1) is 28.7. The van der Waals surface area contributed by atoms with Crippen LogP contribution in [0.25, 0.3) is 0 Å². The number of hydrogen-bond donors (Lipinski definition) is 4. The predicted octanol–water partition coefficient (Wildman–Crippen LogP) is 5.37. The van der Waals surface area contributed by atoms with Gasteiger partial charge in [-0.3, -0.25) is 9.59 Å². The molecule has 0 aliphatic heterocycles. The Labute approximate surface area is 211 Å². The van der Waals surface area contributed by atoms with Gasteiger partial charge >= 0.3 is 5.97 Å². The van der Waals surface area contributed by atoms with Gasteiger partial charge in [0.25, 0.3) is 0 Å². The van der Waals surface area contributed by atoms with Gasteiger partial charge in [0.2, 0.25) is 0 Å². The summed E-state index contributed by atoms with van der Waals surface area (Å²) >= 11 is 1.52. The quantitative estimate of drug-likeness (QED) is 0.154. The van der Waals surface area contributed by atoms with Gasteiger partial charge in [-0.15, -0.1) is 11.8 Å². The molecule has 0 aliphatic rings. The summed E-state index contributed by atoms with van der Waals surface area (Å²) in [5.41, 5.74) is 3.07. The topological polar surface area (TPSA) is 124 Å². The van der Waals surface area contributed by atoms with Crippen molar-refractivity contribution in [2.75, 3.05) is 12.4 Å². The van der Waals surface area contributed by atoms with Gasteiger partial charge in [-0.1, -0.05) is 25.5 Å². The SMILES string of the molecule is CCCc1c(SCCC(O)c2ccc(C(C)O)c(OCCCC(=O)O)c2C)ccc(C(C)=O)c1O. The maximum atomic E-state index is 11.8. The molecule has 4 N–H and O–H groups in total. The summed E-state index contributed by atoms with van der Waals surface area (Å²) in [4.78, 5) is 23.4. The van der Waals surface area contributed by atoms with Crippen LogP contribution in [0.5, 0.6) is 11.5 Å². The summed E-state index contributed by atoms with van der Waals surface area (Å²) in [5.74, 6) is 0.0325. The molecule has 0 spiro atoms. The molecule has 8 heteroatoms. The molecule has 0 aromatic heterocycles. The first-order chi connectivity index (χ1) is 16.6. The van der Waals surface area contributed by atoms with Crippen LogP contribution in [-0.2, 0) is 11.2 Å². The van der Waals surface area contributed by atoms with E-state index >= 15 is 0 Å². The first-order valence-corrected chi connectivity index (χ1v) is 12.9. The highest BCUT2D eigenvalue weighted by atomic mass is 32.2. The van der Waals surface area contributed by atoms with Crippen LogP contribution >= 0.6 is 11.8 Å². The molecule has 2 atom stereocenters. The number of benzene rings is 2. The Hall–Kier alpha value is -2.55. The van der Waals surface area contributed by atoms with Gasteiger partial charge in [-0.05, 0) is 63.3 Å². The number of aliphatic hydroxyl groups is 2. The lowest BCUT2D eigenvalue weighted by Crippen LogP contribution is -2.09. The molecule has 0 bridgehead atoms. The van der Waals surface area contributed by atoms with Gasteiger partial charge in [0, 0.05) is 28.2 Å². The summed E-state index contributed by atoms with van der Waals surface area (Å²) in [6, 6.07) is 7.01. The molecule has 0 amide bonds. The molecule has 0 aliphatic carbocycles. The molecule has 2 aromatic carbocycles. The number of aliphatic hydroxyl groups excluding tert-OH is 2. The van der Waals surface area contributed by atoms with Crippen LogP contribution in [0.4, 0.5) is 0 Å². The summed E-state index contributed by atoms with van der Waals surface area (Å²) in [7, 11) is 0. The van der Waals surface area contributed by atoms with E-state index in [1.165, 1.54) is 18.7 Å². The van der Waals surface area contributed by atoms with E-state index < -0.39 is 18.2 Å². The third-order valence-electron chi connectivity index (χ3n) is 5.84. The Kier molecular flexibility index (Phi) is 11.1. The molecular formula is C27H36O7S. The van der Waals surface area contributed by atoms with E-state index in [1.54, 1.807) is 25.1 Å². The van der Waals surface area contributed by atoms with Crippen molar-refractivity contribution in [1.82, 2.24) is 0 Å². The Balaban J connectivity index is 2.15. The molecule has 35 heavy (non-hydrogen) atoms. The summed E-state index contributed by atoms with van der Waals surface area (Å²) in [5, 5.41) is 40.4. The van der Waals surface area contributed by atoms with Crippen LogP contribution in [0.1, 0.15) is 91.3 Å². The van der Waals surface area contributed by atoms with Crippen LogP contribution in [0, 0.1) is 6.92 Å². The molecule has 2 rings (SSSR count). The molecule has 0 radical (unpaired) electrons. The van der Waals surface area contributed by atoms with Crippen molar-refractivity contribution in [1.29, 1.82) is 0 Å². The molecule has 2 aromatic rings. The second-order valence-corrected chi connectivity index (χ2v) is 9.75. The maximum Gasteiger partial charge on any atom is 0.303 e. The van der Waals surface area contributed by atoms with Crippen LogP contribution < -0.4 is 4.74 Å². The summed E-state index contributed by atoms with van der Waals surface area (Å²) in [6.45, 7) is 7.10. The smallest absolute Gasteiger partial charge is 0.303 e. The molecule has 7 nitrogen and oxygen atoms in total. The first-order valence-electron chi connectivity index (χ1n) is 11.9. The lowest BCUT2D eigenvalue weighted by atomic mass is 9.96. The van der Waals surface area contributed by atoms with Crippen molar-refractivity contribution in [3.63, 3.8) is 0 Å². The number of ether oxygens (including phenoxy) is 1. The average Bonchev–Trinajstić information content (AvgIpc) is 2.78. The number of carbonyl (C=O) groups is 2. The Morgan fingerprint density at radius 1 is 1.11 bits per heavy atom. The van der Waals surface area contributed by atoms with E-state index in [9.17, 15) is 24.9 Å². The van der Waals surface area contributed by atoms with Gasteiger partial charge < -0.3 is 25.2 Å². The van der Waals surface area contributed by atoms with E-state index in [1.807, 2.05) is 19.9 Å². The van der Waals surface area contributed by atoms with Crippen molar-refractivity contribution < 1.29 is 34.8 Å². The minimum Gasteiger partial charge on any atom is -0.507 e. The molecule has 192 valence electrons. The maximum absolute atomic E-state index is 11.8. The second-order valence-electron chi connectivity index (χ2n) is 8.62. The van der Waals surface area contributed by atoms with Gasteiger partial charge in [-0.25, -0.2) is 0 Å².